The van der Waals surface area contributed by atoms with Gasteiger partial charge in [-0.3, -0.25) is 20.5 Å². The van der Waals surface area contributed by atoms with E-state index >= 15 is 0 Å². The van der Waals surface area contributed by atoms with Crippen LogP contribution in [0.2, 0.25) is 0 Å². The number of hydrogen-bond acceptors (Lipinski definition) is 3. The zero-order valence-electron chi connectivity index (χ0n) is 7.29. The van der Waals surface area contributed by atoms with Crippen LogP contribution in [0.5, 0.6) is 0 Å². The number of amidine groups is 1. The summed E-state index contributed by atoms with van der Waals surface area (Å²) in [5.74, 6) is 0.614. The van der Waals surface area contributed by atoms with E-state index in [9.17, 15) is 4.79 Å². The Morgan fingerprint density at radius 1 is 1.62 bits per heavy atom. The van der Waals surface area contributed by atoms with Gasteiger partial charge >= 0.3 is 0 Å². The second-order valence-electron chi connectivity index (χ2n) is 3.56. The third-order valence-electron chi connectivity index (χ3n) is 2.35. The second kappa shape index (κ2) is 3.33. The molecular formula is C8H13N3O2. The van der Waals surface area contributed by atoms with Crippen molar-refractivity contribution in [3.63, 3.8) is 0 Å². The van der Waals surface area contributed by atoms with Gasteiger partial charge < -0.3 is 5.32 Å². The molecule has 0 aromatic carbocycles. The van der Waals surface area contributed by atoms with Gasteiger partial charge in [0.1, 0.15) is 5.84 Å². The standard InChI is InChI=1S/C8H13N3O2/c12-7-3-5(4-9-7)8(11-13)10-6-1-2-6/h5-6,13H,1-4H2,(H,9,12)(H,10,11)/t5-/m0/s1. The topological polar surface area (TPSA) is 73.7 Å². The van der Waals surface area contributed by atoms with Gasteiger partial charge in [-0.1, -0.05) is 0 Å². The molecule has 2 rings (SSSR count). The Morgan fingerprint density at radius 3 is 2.85 bits per heavy atom. The summed E-state index contributed by atoms with van der Waals surface area (Å²) < 4.78 is 0. The summed E-state index contributed by atoms with van der Waals surface area (Å²) in [6.45, 7) is 0.581. The molecule has 1 saturated heterocycles. The van der Waals surface area contributed by atoms with Crippen LogP contribution in [-0.2, 0) is 4.79 Å². The number of rotatable bonds is 2. The smallest absolute Gasteiger partial charge is 0.220 e. The predicted molar refractivity (Wildman–Crippen MR) is 46.5 cm³/mol. The normalized spacial score (nSPS) is 28.8. The van der Waals surface area contributed by atoms with Gasteiger partial charge in [0.05, 0.1) is 6.04 Å². The molecule has 2 aliphatic rings. The third kappa shape index (κ3) is 1.98. The monoisotopic (exact) mass is 183 g/mol. The fourth-order valence-corrected chi connectivity index (χ4v) is 1.42. The number of carbonyl (C=O) groups is 1. The van der Waals surface area contributed by atoms with E-state index in [0.717, 1.165) is 12.8 Å². The van der Waals surface area contributed by atoms with Crippen molar-refractivity contribution in [2.45, 2.75) is 25.3 Å². The maximum atomic E-state index is 10.9. The van der Waals surface area contributed by atoms with Crippen molar-refractivity contribution in [2.75, 3.05) is 6.54 Å². The average molecular weight is 183 g/mol. The zero-order chi connectivity index (χ0) is 9.26. The molecule has 1 aliphatic carbocycles. The first-order chi connectivity index (χ1) is 6.29. The number of hydroxylamine groups is 1. The number of nitrogens with zero attached hydrogens (tertiary/aromatic N) is 1. The minimum absolute atomic E-state index is 0.0260. The maximum absolute atomic E-state index is 10.9. The first-order valence-electron chi connectivity index (χ1n) is 4.54. The summed E-state index contributed by atoms with van der Waals surface area (Å²) in [7, 11) is 0. The number of carbonyl (C=O) groups excluding carboxylic acids is 1. The lowest BCUT2D eigenvalue weighted by Crippen LogP contribution is -2.30. The Bertz CT molecular complexity index is 248. The molecule has 1 amide bonds. The zero-order valence-corrected chi connectivity index (χ0v) is 7.29. The Morgan fingerprint density at radius 2 is 2.38 bits per heavy atom. The van der Waals surface area contributed by atoms with E-state index in [1.165, 1.54) is 0 Å². The summed E-state index contributed by atoms with van der Waals surface area (Å²) in [6.07, 6.45) is 2.62. The van der Waals surface area contributed by atoms with Gasteiger partial charge in [-0.25, -0.2) is 0 Å². The molecule has 5 heteroatoms. The highest BCUT2D eigenvalue weighted by molar-refractivity contribution is 5.91. The van der Waals surface area contributed by atoms with E-state index < -0.39 is 0 Å². The van der Waals surface area contributed by atoms with E-state index in [4.69, 9.17) is 5.21 Å². The summed E-state index contributed by atoms with van der Waals surface area (Å²) >= 11 is 0. The highest BCUT2D eigenvalue weighted by atomic mass is 16.5. The number of aliphatic imine (C=N–C) groups is 1. The van der Waals surface area contributed by atoms with Gasteiger partial charge in [0.2, 0.25) is 5.91 Å². The molecule has 1 atom stereocenters. The molecule has 0 spiro atoms. The molecule has 1 aliphatic heterocycles. The molecule has 1 heterocycles. The van der Waals surface area contributed by atoms with Crippen LogP contribution in [0.4, 0.5) is 0 Å². The van der Waals surface area contributed by atoms with E-state index in [1.54, 1.807) is 0 Å². The third-order valence-corrected chi connectivity index (χ3v) is 2.35. The highest BCUT2D eigenvalue weighted by Crippen LogP contribution is 2.24. The Balaban J connectivity index is 1.99. The molecule has 5 nitrogen and oxygen atoms in total. The summed E-state index contributed by atoms with van der Waals surface area (Å²) in [6, 6.07) is 0.366. The molecule has 3 N–H and O–H groups in total. The minimum atomic E-state index is 0.0260. The average Bonchev–Trinajstić information content (AvgIpc) is 2.84. The molecule has 0 aromatic rings. The molecule has 0 bridgehead atoms. The largest absolute Gasteiger partial charge is 0.355 e. The lowest BCUT2D eigenvalue weighted by atomic mass is 10.1. The van der Waals surface area contributed by atoms with Crippen LogP contribution in [0.15, 0.2) is 4.99 Å². The van der Waals surface area contributed by atoms with Crippen LogP contribution in [0.3, 0.4) is 0 Å². The lowest BCUT2D eigenvalue weighted by Gasteiger charge is -2.09. The molecule has 0 aromatic heterocycles. The van der Waals surface area contributed by atoms with Crippen molar-refractivity contribution >= 4 is 11.7 Å². The summed E-state index contributed by atoms with van der Waals surface area (Å²) in [4.78, 5) is 15.2. The van der Waals surface area contributed by atoms with Crippen LogP contribution in [0, 0.1) is 5.92 Å². The lowest BCUT2D eigenvalue weighted by molar-refractivity contribution is -0.119. The van der Waals surface area contributed by atoms with Gasteiger partial charge in [-0.15, -0.1) is 0 Å². The van der Waals surface area contributed by atoms with Crippen molar-refractivity contribution in [3.8, 4) is 0 Å². The van der Waals surface area contributed by atoms with Crippen LogP contribution in [0.1, 0.15) is 19.3 Å². The van der Waals surface area contributed by atoms with Crippen LogP contribution >= 0.6 is 0 Å². The van der Waals surface area contributed by atoms with Gasteiger partial charge in [0.15, 0.2) is 0 Å². The van der Waals surface area contributed by atoms with E-state index in [2.05, 4.69) is 15.8 Å². The predicted octanol–water partition coefficient (Wildman–Crippen LogP) is -0.338. The molecule has 0 unspecified atom stereocenters. The van der Waals surface area contributed by atoms with Gasteiger partial charge in [0.25, 0.3) is 0 Å². The number of nitrogens with one attached hydrogen (secondary N) is 2. The summed E-state index contributed by atoms with van der Waals surface area (Å²) in [5, 5.41) is 11.5. The Hall–Kier alpha value is -1.10. The van der Waals surface area contributed by atoms with Gasteiger partial charge in [-0.05, 0) is 12.8 Å². The highest BCUT2D eigenvalue weighted by Gasteiger charge is 2.29. The Kier molecular flexibility index (Phi) is 2.18. The van der Waals surface area contributed by atoms with Crippen molar-refractivity contribution in [3.05, 3.63) is 0 Å². The first kappa shape index (κ1) is 8.50. The number of hydrogen-bond donors (Lipinski definition) is 3. The summed E-state index contributed by atoms with van der Waals surface area (Å²) in [5.41, 5.74) is 2.09. The fourth-order valence-electron chi connectivity index (χ4n) is 1.42. The quantitative estimate of drug-likeness (QED) is 0.311. The van der Waals surface area contributed by atoms with E-state index in [0.29, 0.717) is 24.8 Å². The van der Waals surface area contributed by atoms with E-state index in [-0.39, 0.29) is 11.8 Å². The van der Waals surface area contributed by atoms with Gasteiger partial charge in [0, 0.05) is 18.9 Å². The molecule has 0 radical (unpaired) electrons. The maximum Gasteiger partial charge on any atom is 0.220 e. The van der Waals surface area contributed by atoms with Crippen molar-refractivity contribution in [1.82, 2.24) is 10.8 Å². The van der Waals surface area contributed by atoms with Gasteiger partial charge in [-0.2, -0.15) is 0 Å². The minimum Gasteiger partial charge on any atom is -0.355 e. The van der Waals surface area contributed by atoms with E-state index in [1.807, 2.05) is 0 Å². The van der Waals surface area contributed by atoms with Crippen molar-refractivity contribution in [1.29, 1.82) is 0 Å². The fraction of sp³-hybridized carbons (Fsp3) is 0.750. The number of amides is 1. The molecular weight excluding hydrogens is 170 g/mol. The SMILES string of the molecule is O=C1C[C@H](C(=NC2CC2)NO)CN1. The van der Waals surface area contributed by atoms with Crippen LogP contribution in [-0.4, -0.2) is 29.5 Å². The van der Waals surface area contributed by atoms with Crippen LogP contribution in [0.25, 0.3) is 0 Å². The molecule has 13 heavy (non-hydrogen) atoms. The van der Waals surface area contributed by atoms with Crippen LogP contribution < -0.4 is 10.8 Å². The first-order valence-corrected chi connectivity index (χ1v) is 4.54. The Labute approximate surface area is 76.2 Å². The molecule has 2 fully saturated rings. The van der Waals surface area contributed by atoms with Crippen molar-refractivity contribution in [2.24, 2.45) is 10.9 Å². The second-order valence-corrected chi connectivity index (χ2v) is 3.56. The molecule has 72 valence electrons. The molecule has 1 saturated carbocycles. The van der Waals surface area contributed by atoms with Crippen molar-refractivity contribution < 1.29 is 10.0 Å².